The number of aromatic hydroxyl groups is 1. The van der Waals surface area contributed by atoms with Gasteiger partial charge in [0.2, 0.25) is 9.84 Å². The Hall–Kier alpha value is -1.67. The lowest BCUT2D eigenvalue weighted by Gasteiger charge is -2.12. The van der Waals surface area contributed by atoms with Gasteiger partial charge in [0.15, 0.2) is 17.2 Å². The first kappa shape index (κ1) is 19.7. The fraction of sp³-hybridized carbons (Fsp3) is 0.250. The van der Waals surface area contributed by atoms with Gasteiger partial charge in [-0.25, -0.2) is 8.42 Å². The average molecular weight is 407 g/mol. The summed E-state index contributed by atoms with van der Waals surface area (Å²) in [5, 5.41) is 9.74. The minimum atomic E-state index is -3.92. The zero-order valence-electron chi connectivity index (χ0n) is 13.5. The molecular formula is C16H16Cl2O6S. The van der Waals surface area contributed by atoms with Crippen LogP contribution in [0.3, 0.4) is 0 Å². The van der Waals surface area contributed by atoms with Crippen LogP contribution >= 0.6 is 23.2 Å². The molecule has 2 aromatic rings. The second-order valence-electron chi connectivity index (χ2n) is 4.89. The summed E-state index contributed by atoms with van der Waals surface area (Å²) >= 11 is 12.2. The van der Waals surface area contributed by atoms with Gasteiger partial charge in [0.25, 0.3) is 0 Å². The first-order valence-corrected chi connectivity index (χ1v) is 9.28. The topological polar surface area (TPSA) is 82.1 Å². The van der Waals surface area contributed by atoms with Gasteiger partial charge in [0, 0.05) is 13.2 Å². The zero-order valence-corrected chi connectivity index (χ0v) is 15.8. The summed E-state index contributed by atoms with van der Waals surface area (Å²) in [6, 6.07) is 6.22. The van der Waals surface area contributed by atoms with Gasteiger partial charge in [0.1, 0.15) is 6.61 Å². The molecule has 1 N–H and O–H groups in total. The molecule has 0 fully saturated rings. The third kappa shape index (κ3) is 4.30. The van der Waals surface area contributed by atoms with Crippen molar-refractivity contribution < 1.29 is 27.7 Å². The van der Waals surface area contributed by atoms with Crippen LogP contribution in [0.5, 0.6) is 17.2 Å². The number of methoxy groups -OCH3 is 2. The molecule has 0 aliphatic heterocycles. The van der Waals surface area contributed by atoms with Crippen LogP contribution in [0.2, 0.25) is 10.0 Å². The summed E-state index contributed by atoms with van der Waals surface area (Å²) < 4.78 is 40.8. The number of ether oxygens (including phenoxy) is 3. The van der Waals surface area contributed by atoms with E-state index in [1.165, 1.54) is 44.6 Å². The fourth-order valence-electron chi connectivity index (χ4n) is 2.02. The molecule has 0 bridgehead atoms. The van der Waals surface area contributed by atoms with Crippen LogP contribution in [0, 0.1) is 0 Å². The largest absolute Gasteiger partial charge is 0.504 e. The van der Waals surface area contributed by atoms with Gasteiger partial charge in [-0.1, -0.05) is 23.2 Å². The van der Waals surface area contributed by atoms with Gasteiger partial charge in [0.05, 0.1) is 33.6 Å². The quantitative estimate of drug-likeness (QED) is 0.707. The molecule has 0 spiro atoms. The SMILES string of the molecule is COCCOc1c(Cl)cc(S(=O)(=O)c2ccc(O)c(OC)c2)cc1Cl. The van der Waals surface area contributed by atoms with Gasteiger partial charge in [-0.05, 0) is 24.3 Å². The Balaban J connectivity index is 2.43. The Morgan fingerprint density at radius 1 is 1.00 bits per heavy atom. The minimum absolute atomic E-state index is 0.0396. The van der Waals surface area contributed by atoms with Crippen molar-refractivity contribution in [3.63, 3.8) is 0 Å². The van der Waals surface area contributed by atoms with E-state index in [1.54, 1.807) is 0 Å². The van der Waals surface area contributed by atoms with Crippen molar-refractivity contribution in [1.82, 2.24) is 0 Å². The number of halogens is 2. The second kappa shape index (κ2) is 8.14. The standard InChI is InChI=1S/C16H16Cl2O6S/c1-22-5-6-24-16-12(17)7-11(8-13(16)18)25(20,21)10-3-4-14(19)15(9-10)23-2/h3-4,7-9,19H,5-6H2,1-2H3. The van der Waals surface area contributed by atoms with Gasteiger partial charge >= 0.3 is 0 Å². The lowest BCUT2D eigenvalue weighted by Crippen LogP contribution is -2.06. The molecule has 136 valence electrons. The molecule has 9 heteroatoms. The summed E-state index contributed by atoms with van der Waals surface area (Å²) in [6.45, 7) is 0.553. The third-order valence-electron chi connectivity index (χ3n) is 3.28. The first-order chi connectivity index (χ1) is 11.8. The Bertz CT molecular complexity index is 844. The van der Waals surface area contributed by atoms with E-state index in [4.69, 9.17) is 37.4 Å². The number of rotatable bonds is 7. The van der Waals surface area contributed by atoms with Crippen molar-refractivity contribution in [2.45, 2.75) is 9.79 Å². The summed E-state index contributed by atoms with van der Waals surface area (Å²) in [6.07, 6.45) is 0. The minimum Gasteiger partial charge on any atom is -0.504 e. The third-order valence-corrected chi connectivity index (χ3v) is 5.57. The predicted octanol–water partition coefficient (Wildman–Crippen LogP) is 3.57. The fourth-order valence-corrected chi connectivity index (χ4v) is 4.07. The Morgan fingerprint density at radius 2 is 1.64 bits per heavy atom. The number of benzene rings is 2. The van der Waals surface area contributed by atoms with E-state index in [0.717, 1.165) is 0 Å². The van der Waals surface area contributed by atoms with Crippen LogP contribution in [0.4, 0.5) is 0 Å². The maximum Gasteiger partial charge on any atom is 0.206 e. The summed E-state index contributed by atoms with van der Waals surface area (Å²) in [4.78, 5) is -0.170. The maximum absolute atomic E-state index is 12.8. The van der Waals surface area contributed by atoms with Crippen molar-refractivity contribution in [2.24, 2.45) is 0 Å². The second-order valence-corrected chi connectivity index (χ2v) is 7.66. The van der Waals surface area contributed by atoms with Crippen LogP contribution in [0.25, 0.3) is 0 Å². The Kier molecular flexibility index (Phi) is 6.40. The van der Waals surface area contributed by atoms with E-state index in [2.05, 4.69) is 0 Å². The molecule has 0 heterocycles. The van der Waals surface area contributed by atoms with Gasteiger partial charge in [-0.2, -0.15) is 0 Å². The lowest BCUT2D eigenvalue weighted by atomic mass is 10.3. The smallest absolute Gasteiger partial charge is 0.206 e. The van der Waals surface area contributed by atoms with Gasteiger partial charge < -0.3 is 19.3 Å². The number of phenolic OH excluding ortho intramolecular Hbond substituents is 1. The molecule has 0 amide bonds. The monoisotopic (exact) mass is 406 g/mol. The van der Waals surface area contributed by atoms with E-state index < -0.39 is 9.84 Å². The highest BCUT2D eigenvalue weighted by Crippen LogP contribution is 2.38. The van der Waals surface area contributed by atoms with Crippen molar-refractivity contribution in [3.05, 3.63) is 40.4 Å². The average Bonchev–Trinajstić information content (AvgIpc) is 2.57. The molecule has 0 aromatic heterocycles. The Labute approximate surface area is 155 Å². The molecule has 0 radical (unpaired) electrons. The highest BCUT2D eigenvalue weighted by atomic mass is 35.5. The molecule has 0 saturated carbocycles. The van der Waals surface area contributed by atoms with Crippen molar-refractivity contribution in [3.8, 4) is 17.2 Å². The van der Waals surface area contributed by atoms with E-state index >= 15 is 0 Å². The maximum atomic E-state index is 12.8. The number of hydrogen-bond acceptors (Lipinski definition) is 6. The highest BCUT2D eigenvalue weighted by Gasteiger charge is 2.23. The van der Waals surface area contributed by atoms with Crippen LogP contribution in [0.15, 0.2) is 40.1 Å². The molecule has 25 heavy (non-hydrogen) atoms. The van der Waals surface area contributed by atoms with Crippen LogP contribution in [-0.4, -0.2) is 41.0 Å². The van der Waals surface area contributed by atoms with Crippen LogP contribution < -0.4 is 9.47 Å². The van der Waals surface area contributed by atoms with Crippen molar-refractivity contribution in [2.75, 3.05) is 27.4 Å². The Morgan fingerprint density at radius 3 is 2.20 bits per heavy atom. The molecule has 0 saturated heterocycles. The van der Waals surface area contributed by atoms with Crippen LogP contribution in [0.1, 0.15) is 0 Å². The molecule has 0 aliphatic carbocycles. The summed E-state index contributed by atoms with van der Waals surface area (Å²) in [5.74, 6) is 0.0554. The number of sulfone groups is 1. The van der Waals surface area contributed by atoms with E-state index in [9.17, 15) is 13.5 Å². The molecule has 0 aliphatic rings. The number of hydrogen-bond donors (Lipinski definition) is 1. The normalized spacial score (nSPS) is 11.4. The van der Waals surface area contributed by atoms with E-state index in [0.29, 0.717) is 6.61 Å². The first-order valence-electron chi connectivity index (χ1n) is 7.04. The molecule has 2 aromatic carbocycles. The molecule has 0 unspecified atom stereocenters. The van der Waals surface area contributed by atoms with E-state index in [1.807, 2.05) is 0 Å². The number of phenols is 1. The molecule has 6 nitrogen and oxygen atoms in total. The molecule has 2 rings (SSSR count). The zero-order chi connectivity index (χ0) is 18.6. The molecular weight excluding hydrogens is 391 g/mol. The van der Waals surface area contributed by atoms with Gasteiger partial charge in [-0.3, -0.25) is 0 Å². The lowest BCUT2D eigenvalue weighted by molar-refractivity contribution is 0.146. The van der Waals surface area contributed by atoms with E-state index in [-0.39, 0.29) is 43.7 Å². The van der Waals surface area contributed by atoms with Crippen molar-refractivity contribution in [1.29, 1.82) is 0 Å². The highest BCUT2D eigenvalue weighted by molar-refractivity contribution is 7.91. The van der Waals surface area contributed by atoms with Crippen molar-refractivity contribution >= 4 is 33.0 Å². The predicted molar refractivity (Wildman–Crippen MR) is 93.9 cm³/mol. The van der Waals surface area contributed by atoms with Crippen LogP contribution in [-0.2, 0) is 14.6 Å². The van der Waals surface area contributed by atoms with Gasteiger partial charge in [-0.15, -0.1) is 0 Å². The molecule has 0 atom stereocenters. The summed E-state index contributed by atoms with van der Waals surface area (Å²) in [7, 11) is -1.07. The summed E-state index contributed by atoms with van der Waals surface area (Å²) in [5.41, 5.74) is 0.